The number of amides is 1. The summed E-state index contributed by atoms with van der Waals surface area (Å²) in [6.45, 7) is 0.0980. The predicted octanol–water partition coefficient (Wildman–Crippen LogP) is 2.76. The third kappa shape index (κ3) is 4.54. The highest BCUT2D eigenvalue weighted by atomic mass is 16.5. The van der Waals surface area contributed by atoms with Crippen LogP contribution in [0.3, 0.4) is 0 Å². The first-order chi connectivity index (χ1) is 11.2. The Bertz CT molecular complexity index is 673. The molecule has 2 N–H and O–H groups in total. The van der Waals surface area contributed by atoms with Crippen molar-refractivity contribution >= 4 is 17.3 Å². The molecule has 0 atom stereocenters. The third-order valence-corrected chi connectivity index (χ3v) is 3.20. The van der Waals surface area contributed by atoms with E-state index in [1.165, 1.54) is 0 Å². The first kappa shape index (κ1) is 16.5. The zero-order chi connectivity index (χ0) is 16.7. The number of hydrogen-bond acceptors (Lipinski definition) is 5. The Morgan fingerprint density at radius 3 is 2.39 bits per heavy atom. The second-order valence-electron chi connectivity index (χ2n) is 4.70. The third-order valence-electron chi connectivity index (χ3n) is 3.20. The van der Waals surface area contributed by atoms with Gasteiger partial charge in [0.05, 0.1) is 33.6 Å². The second kappa shape index (κ2) is 7.93. The summed E-state index contributed by atoms with van der Waals surface area (Å²) in [4.78, 5) is 12.1. The van der Waals surface area contributed by atoms with Crippen molar-refractivity contribution in [3.8, 4) is 17.2 Å². The Labute approximate surface area is 135 Å². The van der Waals surface area contributed by atoms with Crippen molar-refractivity contribution in [3.63, 3.8) is 0 Å². The molecule has 23 heavy (non-hydrogen) atoms. The van der Waals surface area contributed by atoms with E-state index in [-0.39, 0.29) is 12.5 Å². The van der Waals surface area contributed by atoms with Gasteiger partial charge in [0.15, 0.2) is 0 Å². The Morgan fingerprint density at radius 2 is 1.70 bits per heavy atom. The van der Waals surface area contributed by atoms with E-state index < -0.39 is 0 Å². The predicted molar refractivity (Wildman–Crippen MR) is 89.7 cm³/mol. The van der Waals surface area contributed by atoms with Gasteiger partial charge in [0.25, 0.3) is 0 Å². The van der Waals surface area contributed by atoms with Crippen LogP contribution in [0, 0.1) is 0 Å². The molecular formula is C17H20N2O4. The SMILES string of the molecule is COc1cccc(NC(=O)CNc2cc(OC)ccc2OC)c1. The van der Waals surface area contributed by atoms with Gasteiger partial charge < -0.3 is 24.8 Å². The lowest BCUT2D eigenvalue weighted by molar-refractivity contribution is -0.114. The highest BCUT2D eigenvalue weighted by molar-refractivity contribution is 5.94. The molecule has 0 fully saturated rings. The average molecular weight is 316 g/mol. The molecule has 6 heteroatoms. The van der Waals surface area contributed by atoms with Crippen LogP contribution in [0.1, 0.15) is 0 Å². The fourth-order valence-electron chi connectivity index (χ4n) is 2.03. The summed E-state index contributed by atoms with van der Waals surface area (Å²) in [6.07, 6.45) is 0. The van der Waals surface area contributed by atoms with Crippen molar-refractivity contribution in [2.45, 2.75) is 0 Å². The molecule has 0 unspecified atom stereocenters. The van der Waals surface area contributed by atoms with Gasteiger partial charge in [0.2, 0.25) is 5.91 Å². The Hall–Kier alpha value is -2.89. The number of benzene rings is 2. The quantitative estimate of drug-likeness (QED) is 0.822. The number of nitrogens with one attached hydrogen (secondary N) is 2. The second-order valence-corrected chi connectivity index (χ2v) is 4.70. The lowest BCUT2D eigenvalue weighted by Gasteiger charge is -2.13. The van der Waals surface area contributed by atoms with E-state index in [1.807, 2.05) is 12.1 Å². The lowest BCUT2D eigenvalue weighted by atomic mass is 10.2. The van der Waals surface area contributed by atoms with E-state index in [2.05, 4.69) is 10.6 Å². The minimum Gasteiger partial charge on any atom is -0.497 e. The van der Waals surface area contributed by atoms with Crippen LogP contribution in [0.4, 0.5) is 11.4 Å². The van der Waals surface area contributed by atoms with Gasteiger partial charge in [-0.3, -0.25) is 4.79 Å². The molecule has 1 amide bonds. The van der Waals surface area contributed by atoms with Crippen molar-refractivity contribution in [2.24, 2.45) is 0 Å². The molecule has 2 rings (SSSR count). The van der Waals surface area contributed by atoms with Crippen LogP contribution in [0.2, 0.25) is 0 Å². The van der Waals surface area contributed by atoms with Crippen LogP contribution in [0.5, 0.6) is 17.2 Å². The van der Waals surface area contributed by atoms with Crippen LogP contribution >= 0.6 is 0 Å². The van der Waals surface area contributed by atoms with Gasteiger partial charge in [-0.1, -0.05) is 6.07 Å². The molecule has 0 aliphatic rings. The smallest absolute Gasteiger partial charge is 0.243 e. The normalized spacial score (nSPS) is 9.87. The van der Waals surface area contributed by atoms with Crippen molar-refractivity contribution in [2.75, 3.05) is 38.5 Å². The molecule has 0 spiro atoms. The lowest BCUT2D eigenvalue weighted by Crippen LogP contribution is -2.22. The van der Waals surface area contributed by atoms with Gasteiger partial charge in [-0.15, -0.1) is 0 Å². The summed E-state index contributed by atoms with van der Waals surface area (Å²) >= 11 is 0. The molecule has 0 radical (unpaired) electrons. The van der Waals surface area contributed by atoms with Crippen molar-refractivity contribution in [1.82, 2.24) is 0 Å². The number of carbonyl (C=O) groups is 1. The van der Waals surface area contributed by atoms with Crippen LogP contribution in [-0.2, 0) is 4.79 Å². The maximum absolute atomic E-state index is 12.1. The minimum atomic E-state index is -0.178. The monoisotopic (exact) mass is 316 g/mol. The first-order valence-electron chi connectivity index (χ1n) is 7.06. The number of hydrogen-bond donors (Lipinski definition) is 2. The largest absolute Gasteiger partial charge is 0.497 e. The Kier molecular flexibility index (Phi) is 5.68. The van der Waals surface area contributed by atoms with Crippen LogP contribution in [0.25, 0.3) is 0 Å². The number of anilines is 2. The zero-order valence-corrected chi connectivity index (χ0v) is 13.4. The van der Waals surface area contributed by atoms with Crippen LogP contribution < -0.4 is 24.8 Å². The van der Waals surface area contributed by atoms with E-state index in [9.17, 15) is 4.79 Å². The van der Waals surface area contributed by atoms with Gasteiger partial charge in [-0.25, -0.2) is 0 Å². The maximum atomic E-state index is 12.1. The molecule has 0 aromatic heterocycles. The average Bonchev–Trinajstić information content (AvgIpc) is 2.59. The molecule has 0 aliphatic heterocycles. The van der Waals surface area contributed by atoms with Gasteiger partial charge in [-0.05, 0) is 24.3 Å². The van der Waals surface area contributed by atoms with Crippen molar-refractivity contribution in [3.05, 3.63) is 42.5 Å². The molecule has 0 saturated carbocycles. The molecular weight excluding hydrogens is 296 g/mol. The summed E-state index contributed by atoms with van der Waals surface area (Å²) in [6, 6.07) is 12.5. The summed E-state index contributed by atoms with van der Waals surface area (Å²) in [7, 11) is 4.74. The topological polar surface area (TPSA) is 68.8 Å². The summed E-state index contributed by atoms with van der Waals surface area (Å²) < 4.78 is 15.6. The Balaban J connectivity index is 1.98. The molecule has 2 aromatic rings. The summed E-state index contributed by atoms with van der Waals surface area (Å²) in [5.41, 5.74) is 1.36. The molecule has 0 aliphatic carbocycles. The fraction of sp³-hybridized carbons (Fsp3) is 0.235. The standard InChI is InChI=1S/C17H20N2O4/c1-21-13-6-4-5-12(9-13)19-17(20)11-18-15-10-14(22-2)7-8-16(15)23-3/h4-10,18H,11H2,1-3H3,(H,19,20). The zero-order valence-electron chi connectivity index (χ0n) is 13.4. The molecule has 0 saturated heterocycles. The van der Waals surface area contributed by atoms with E-state index in [0.717, 1.165) is 0 Å². The molecule has 2 aromatic carbocycles. The van der Waals surface area contributed by atoms with E-state index in [0.29, 0.717) is 28.6 Å². The molecule has 0 heterocycles. The van der Waals surface area contributed by atoms with E-state index >= 15 is 0 Å². The fourth-order valence-corrected chi connectivity index (χ4v) is 2.03. The first-order valence-corrected chi connectivity index (χ1v) is 7.06. The molecule has 122 valence electrons. The molecule has 6 nitrogen and oxygen atoms in total. The van der Waals surface area contributed by atoms with Crippen molar-refractivity contribution < 1.29 is 19.0 Å². The maximum Gasteiger partial charge on any atom is 0.243 e. The number of ether oxygens (including phenoxy) is 3. The summed E-state index contributed by atoms with van der Waals surface area (Å²) in [5.74, 6) is 1.83. The van der Waals surface area contributed by atoms with E-state index in [1.54, 1.807) is 51.7 Å². The van der Waals surface area contributed by atoms with Crippen LogP contribution in [0.15, 0.2) is 42.5 Å². The number of methoxy groups -OCH3 is 3. The van der Waals surface area contributed by atoms with Gasteiger partial charge >= 0.3 is 0 Å². The van der Waals surface area contributed by atoms with Gasteiger partial charge in [-0.2, -0.15) is 0 Å². The van der Waals surface area contributed by atoms with Crippen molar-refractivity contribution in [1.29, 1.82) is 0 Å². The highest BCUT2D eigenvalue weighted by Gasteiger charge is 2.08. The number of rotatable bonds is 7. The minimum absolute atomic E-state index is 0.0980. The summed E-state index contributed by atoms with van der Waals surface area (Å²) in [5, 5.41) is 5.84. The van der Waals surface area contributed by atoms with Crippen LogP contribution in [-0.4, -0.2) is 33.8 Å². The number of carbonyl (C=O) groups excluding carboxylic acids is 1. The van der Waals surface area contributed by atoms with E-state index in [4.69, 9.17) is 14.2 Å². The van der Waals surface area contributed by atoms with Gasteiger partial charge in [0, 0.05) is 17.8 Å². The molecule has 0 bridgehead atoms. The Morgan fingerprint density at radius 1 is 0.957 bits per heavy atom. The highest BCUT2D eigenvalue weighted by Crippen LogP contribution is 2.28. The van der Waals surface area contributed by atoms with Gasteiger partial charge in [0.1, 0.15) is 17.2 Å².